The predicted octanol–water partition coefficient (Wildman–Crippen LogP) is -4.59. The molecular formula is C11H16Cl2N2-2. The van der Waals surface area contributed by atoms with E-state index in [1.807, 2.05) is 0 Å². The average Bonchev–Trinajstić information content (AvgIpc) is 2.19. The van der Waals surface area contributed by atoms with E-state index in [1.54, 1.807) is 0 Å². The Bertz CT molecular complexity index is 286. The molecule has 4 heteroatoms. The summed E-state index contributed by atoms with van der Waals surface area (Å²) >= 11 is 0. The maximum atomic E-state index is 3.36. The van der Waals surface area contributed by atoms with E-state index in [0.717, 1.165) is 26.2 Å². The quantitative estimate of drug-likeness (QED) is 0.537. The van der Waals surface area contributed by atoms with Crippen molar-refractivity contribution in [3.05, 3.63) is 29.8 Å². The van der Waals surface area contributed by atoms with Crippen LogP contribution in [0.2, 0.25) is 0 Å². The highest BCUT2D eigenvalue weighted by Crippen LogP contribution is 2.15. The van der Waals surface area contributed by atoms with Crippen LogP contribution in [0.4, 0.5) is 5.69 Å². The van der Waals surface area contributed by atoms with Crippen molar-refractivity contribution in [2.24, 2.45) is 0 Å². The first kappa shape index (κ1) is 14.6. The van der Waals surface area contributed by atoms with Crippen LogP contribution in [0.5, 0.6) is 0 Å². The second-order valence-electron chi connectivity index (χ2n) is 3.58. The Morgan fingerprint density at radius 2 is 1.80 bits per heavy atom. The van der Waals surface area contributed by atoms with E-state index in [1.165, 1.54) is 11.3 Å². The molecule has 1 aromatic rings. The Kier molecular flexibility index (Phi) is 6.73. The van der Waals surface area contributed by atoms with Gasteiger partial charge in [-0.05, 0) is 24.6 Å². The number of benzene rings is 1. The minimum atomic E-state index is 0. The van der Waals surface area contributed by atoms with E-state index in [4.69, 9.17) is 0 Å². The SMILES string of the molecule is Cc1cccc(N2CCNCC2)c1.[Cl-].[Cl-]. The van der Waals surface area contributed by atoms with E-state index in [9.17, 15) is 0 Å². The summed E-state index contributed by atoms with van der Waals surface area (Å²) in [4.78, 5) is 2.43. The van der Waals surface area contributed by atoms with Gasteiger partial charge in [0.05, 0.1) is 0 Å². The lowest BCUT2D eigenvalue weighted by Gasteiger charge is -2.29. The molecule has 0 bridgehead atoms. The summed E-state index contributed by atoms with van der Waals surface area (Å²) in [6.45, 7) is 6.61. The molecule has 1 N–H and O–H groups in total. The molecule has 86 valence electrons. The number of aryl methyl sites for hydroxylation is 1. The van der Waals surface area contributed by atoms with E-state index in [2.05, 4.69) is 41.4 Å². The fourth-order valence-corrected chi connectivity index (χ4v) is 1.75. The molecule has 0 aromatic heterocycles. The summed E-state index contributed by atoms with van der Waals surface area (Å²) in [5.74, 6) is 0. The van der Waals surface area contributed by atoms with E-state index < -0.39 is 0 Å². The Hall–Kier alpha value is -0.440. The number of halogens is 2. The molecule has 1 aliphatic heterocycles. The first-order valence-electron chi connectivity index (χ1n) is 4.88. The summed E-state index contributed by atoms with van der Waals surface area (Å²) in [7, 11) is 0. The van der Waals surface area contributed by atoms with Crippen LogP contribution in [0.3, 0.4) is 0 Å². The van der Waals surface area contributed by atoms with Crippen LogP contribution in [0.15, 0.2) is 24.3 Å². The summed E-state index contributed by atoms with van der Waals surface area (Å²) in [5, 5.41) is 3.36. The van der Waals surface area contributed by atoms with Crippen LogP contribution in [-0.2, 0) is 0 Å². The van der Waals surface area contributed by atoms with E-state index in [-0.39, 0.29) is 24.8 Å². The highest BCUT2D eigenvalue weighted by molar-refractivity contribution is 5.48. The summed E-state index contributed by atoms with van der Waals surface area (Å²) < 4.78 is 0. The number of anilines is 1. The maximum absolute atomic E-state index is 3.36. The van der Waals surface area contributed by atoms with Crippen LogP contribution in [0.1, 0.15) is 5.56 Å². The Morgan fingerprint density at radius 3 is 2.40 bits per heavy atom. The van der Waals surface area contributed by atoms with Gasteiger partial charge in [-0.25, -0.2) is 0 Å². The number of hydrogen-bond donors (Lipinski definition) is 1. The van der Waals surface area contributed by atoms with Crippen molar-refractivity contribution in [3.63, 3.8) is 0 Å². The lowest BCUT2D eigenvalue weighted by atomic mass is 10.2. The monoisotopic (exact) mass is 246 g/mol. The van der Waals surface area contributed by atoms with Gasteiger partial charge >= 0.3 is 0 Å². The van der Waals surface area contributed by atoms with Gasteiger partial charge in [0.1, 0.15) is 0 Å². The molecule has 1 saturated heterocycles. The zero-order chi connectivity index (χ0) is 9.10. The van der Waals surface area contributed by atoms with E-state index >= 15 is 0 Å². The number of piperazine rings is 1. The van der Waals surface area contributed by atoms with Crippen LogP contribution in [0, 0.1) is 6.92 Å². The second-order valence-corrected chi connectivity index (χ2v) is 3.58. The van der Waals surface area contributed by atoms with Gasteiger partial charge in [-0.3, -0.25) is 0 Å². The molecule has 1 aromatic carbocycles. The first-order chi connectivity index (χ1) is 6.36. The van der Waals surface area contributed by atoms with Crippen molar-refractivity contribution in [1.82, 2.24) is 5.32 Å². The molecule has 2 rings (SSSR count). The number of rotatable bonds is 1. The number of hydrogen-bond acceptors (Lipinski definition) is 2. The van der Waals surface area contributed by atoms with Gasteiger partial charge in [0.15, 0.2) is 0 Å². The van der Waals surface area contributed by atoms with Crippen molar-refractivity contribution in [1.29, 1.82) is 0 Å². The van der Waals surface area contributed by atoms with Gasteiger partial charge in [0.25, 0.3) is 0 Å². The van der Waals surface area contributed by atoms with Crippen LogP contribution >= 0.6 is 0 Å². The van der Waals surface area contributed by atoms with Gasteiger partial charge in [-0.1, -0.05) is 12.1 Å². The smallest absolute Gasteiger partial charge is 0.0369 e. The highest BCUT2D eigenvalue weighted by Gasteiger charge is 2.09. The third-order valence-electron chi connectivity index (χ3n) is 2.48. The van der Waals surface area contributed by atoms with Gasteiger partial charge in [0, 0.05) is 31.9 Å². The number of nitrogens with one attached hydrogen (secondary N) is 1. The van der Waals surface area contributed by atoms with Gasteiger partial charge in [-0.2, -0.15) is 0 Å². The summed E-state index contributed by atoms with van der Waals surface area (Å²) in [6.07, 6.45) is 0. The van der Waals surface area contributed by atoms with Crippen molar-refractivity contribution >= 4 is 5.69 Å². The van der Waals surface area contributed by atoms with Crippen molar-refractivity contribution < 1.29 is 24.8 Å². The molecule has 15 heavy (non-hydrogen) atoms. The van der Waals surface area contributed by atoms with Crippen molar-refractivity contribution in [3.8, 4) is 0 Å². The van der Waals surface area contributed by atoms with Crippen molar-refractivity contribution in [2.45, 2.75) is 6.92 Å². The molecule has 0 aliphatic carbocycles. The summed E-state index contributed by atoms with van der Waals surface area (Å²) in [6, 6.07) is 8.72. The molecular weight excluding hydrogens is 231 g/mol. The molecule has 0 atom stereocenters. The lowest BCUT2D eigenvalue weighted by molar-refractivity contribution is -0.001000. The molecule has 0 saturated carbocycles. The van der Waals surface area contributed by atoms with Crippen LogP contribution in [0.25, 0.3) is 0 Å². The Labute approximate surface area is 104 Å². The lowest BCUT2D eigenvalue weighted by Crippen LogP contribution is -3.00. The Morgan fingerprint density at radius 1 is 1.13 bits per heavy atom. The van der Waals surface area contributed by atoms with Crippen LogP contribution < -0.4 is 35.0 Å². The average molecular weight is 247 g/mol. The normalized spacial score (nSPS) is 15.1. The fraction of sp³-hybridized carbons (Fsp3) is 0.455. The minimum absolute atomic E-state index is 0. The molecule has 1 heterocycles. The zero-order valence-corrected chi connectivity index (χ0v) is 10.4. The van der Waals surface area contributed by atoms with Gasteiger partial charge in [0.2, 0.25) is 0 Å². The molecule has 1 aliphatic rings. The Balaban J connectivity index is 0.000000980. The van der Waals surface area contributed by atoms with Crippen LogP contribution in [-0.4, -0.2) is 26.2 Å². The predicted molar refractivity (Wildman–Crippen MR) is 56.3 cm³/mol. The zero-order valence-electron chi connectivity index (χ0n) is 8.84. The molecule has 0 amide bonds. The standard InChI is InChI=1S/C11H16N2.2ClH/c1-10-3-2-4-11(9-10)13-7-5-12-6-8-13;;/h2-4,9,12H,5-8H2,1H3;2*1H/p-2. The molecule has 0 spiro atoms. The molecule has 1 fully saturated rings. The first-order valence-corrected chi connectivity index (χ1v) is 4.88. The fourth-order valence-electron chi connectivity index (χ4n) is 1.75. The third kappa shape index (κ3) is 3.90. The molecule has 0 unspecified atom stereocenters. The van der Waals surface area contributed by atoms with Crippen molar-refractivity contribution in [2.75, 3.05) is 31.1 Å². The molecule has 2 nitrogen and oxygen atoms in total. The molecule has 0 radical (unpaired) electrons. The largest absolute Gasteiger partial charge is 1.00 e. The number of nitrogens with zero attached hydrogens (tertiary/aromatic N) is 1. The topological polar surface area (TPSA) is 15.3 Å². The second kappa shape index (κ2) is 6.94. The highest BCUT2D eigenvalue weighted by atomic mass is 35.5. The maximum Gasteiger partial charge on any atom is 0.0369 e. The minimum Gasteiger partial charge on any atom is -1.00 e. The van der Waals surface area contributed by atoms with Gasteiger partial charge in [-0.15, -0.1) is 0 Å². The van der Waals surface area contributed by atoms with Gasteiger partial charge < -0.3 is 35.0 Å². The summed E-state index contributed by atoms with van der Waals surface area (Å²) in [5.41, 5.74) is 2.71. The van der Waals surface area contributed by atoms with E-state index in [0.29, 0.717) is 0 Å². The third-order valence-corrected chi connectivity index (χ3v) is 2.48.